The highest BCUT2D eigenvalue weighted by Crippen LogP contribution is 1.84. The molecule has 1 N–H and O–H groups in total. The summed E-state index contributed by atoms with van der Waals surface area (Å²) in [6.07, 6.45) is 2.15. The quantitative estimate of drug-likeness (QED) is 0.363. The van der Waals surface area contributed by atoms with Crippen LogP contribution < -0.4 is 5.32 Å². The molecule has 0 rings (SSSR count). The Morgan fingerprint density at radius 1 is 1.56 bits per heavy atom. The monoisotopic (exact) mass is 147 g/mol. The zero-order valence-corrected chi connectivity index (χ0v) is 6.83. The molecule has 54 valence electrons. The molecule has 0 atom stereocenters. The number of hydrogen-bond donors (Lipinski definition) is 1. The maximum absolute atomic E-state index is 5.43. The molecule has 0 saturated carbocycles. The van der Waals surface area contributed by atoms with Gasteiger partial charge in [-0.1, -0.05) is 11.6 Å². The maximum atomic E-state index is 5.43. The fourth-order valence-corrected chi connectivity index (χ4v) is 0.579. The predicted octanol–water partition coefficient (Wildman–Crippen LogP) is 1.78. The van der Waals surface area contributed by atoms with Gasteiger partial charge in [-0.25, -0.2) is 0 Å². The minimum absolute atomic E-state index is 0.691. The topological polar surface area (TPSA) is 12.0 Å². The zero-order valence-electron chi connectivity index (χ0n) is 6.08. The number of nitrogens with one attached hydrogen (secondary N) is 1. The Hall–Kier alpha value is -0.0100. The Balaban J connectivity index is 3.00. The molecule has 0 aliphatic carbocycles. The van der Waals surface area contributed by atoms with Crippen LogP contribution >= 0.6 is 11.6 Å². The maximum Gasteiger partial charge on any atom is 0.0348 e. The molecule has 0 amide bonds. The van der Waals surface area contributed by atoms with E-state index in [0.29, 0.717) is 5.88 Å². The van der Waals surface area contributed by atoms with Crippen molar-refractivity contribution >= 4 is 11.6 Å². The van der Waals surface area contributed by atoms with Crippen molar-refractivity contribution in [3.05, 3.63) is 11.6 Å². The van der Waals surface area contributed by atoms with Gasteiger partial charge in [-0.05, 0) is 13.8 Å². The van der Waals surface area contributed by atoms with Gasteiger partial charge in [0.2, 0.25) is 0 Å². The van der Waals surface area contributed by atoms with Crippen LogP contribution in [-0.4, -0.2) is 19.0 Å². The van der Waals surface area contributed by atoms with Crippen molar-refractivity contribution in [1.82, 2.24) is 5.32 Å². The van der Waals surface area contributed by atoms with Crippen LogP contribution in [0.5, 0.6) is 0 Å². The van der Waals surface area contributed by atoms with Gasteiger partial charge in [-0.3, -0.25) is 0 Å². The fourth-order valence-electron chi connectivity index (χ4n) is 0.445. The molecule has 0 aliphatic rings. The molecule has 0 bridgehead atoms. The third-order valence-corrected chi connectivity index (χ3v) is 1.11. The van der Waals surface area contributed by atoms with Gasteiger partial charge >= 0.3 is 0 Å². The summed E-state index contributed by atoms with van der Waals surface area (Å²) in [4.78, 5) is 0. The van der Waals surface area contributed by atoms with Crippen LogP contribution in [0.25, 0.3) is 0 Å². The average molecular weight is 148 g/mol. The van der Waals surface area contributed by atoms with Crippen molar-refractivity contribution in [1.29, 1.82) is 0 Å². The average Bonchev–Trinajstić information content (AvgIpc) is 1.80. The first kappa shape index (κ1) is 8.99. The summed E-state index contributed by atoms with van der Waals surface area (Å²) in [6, 6.07) is 0. The number of rotatable bonds is 4. The van der Waals surface area contributed by atoms with Crippen LogP contribution in [0.15, 0.2) is 11.6 Å². The molecule has 1 nitrogen and oxygen atoms in total. The number of alkyl halides is 1. The van der Waals surface area contributed by atoms with Crippen molar-refractivity contribution in [3.63, 3.8) is 0 Å². The van der Waals surface area contributed by atoms with Crippen molar-refractivity contribution < 1.29 is 0 Å². The summed E-state index contributed by atoms with van der Waals surface area (Å²) >= 11 is 5.43. The summed E-state index contributed by atoms with van der Waals surface area (Å²) in [5.74, 6) is 0.691. The van der Waals surface area contributed by atoms with Crippen LogP contribution in [0.4, 0.5) is 0 Å². The molecular weight excluding hydrogens is 134 g/mol. The van der Waals surface area contributed by atoms with Gasteiger partial charge in [0, 0.05) is 19.0 Å². The molecule has 0 aliphatic heterocycles. The summed E-state index contributed by atoms with van der Waals surface area (Å²) in [6.45, 7) is 6.01. The van der Waals surface area contributed by atoms with Crippen LogP contribution in [0, 0.1) is 0 Å². The van der Waals surface area contributed by atoms with E-state index in [9.17, 15) is 0 Å². The fraction of sp³-hybridized carbons (Fsp3) is 0.714. The Morgan fingerprint density at radius 2 is 2.22 bits per heavy atom. The SMILES string of the molecule is CC(C)=CCNCCCl. The molecule has 0 radical (unpaired) electrons. The van der Waals surface area contributed by atoms with Gasteiger partial charge in [-0.2, -0.15) is 0 Å². The first-order valence-electron chi connectivity index (χ1n) is 3.17. The predicted molar refractivity (Wildman–Crippen MR) is 43.0 cm³/mol. The molecule has 0 saturated heterocycles. The van der Waals surface area contributed by atoms with Gasteiger partial charge in [0.25, 0.3) is 0 Å². The van der Waals surface area contributed by atoms with Crippen LogP contribution in [0.3, 0.4) is 0 Å². The van der Waals surface area contributed by atoms with E-state index in [1.165, 1.54) is 5.57 Å². The summed E-state index contributed by atoms with van der Waals surface area (Å²) in [7, 11) is 0. The third kappa shape index (κ3) is 7.99. The highest BCUT2D eigenvalue weighted by molar-refractivity contribution is 6.18. The standard InChI is InChI=1S/C7H14ClN/c1-7(2)3-5-9-6-4-8/h3,9H,4-6H2,1-2H3. The van der Waals surface area contributed by atoms with E-state index in [1.807, 2.05) is 0 Å². The Bertz CT molecular complexity index is 84.9. The van der Waals surface area contributed by atoms with E-state index in [-0.39, 0.29) is 0 Å². The number of halogens is 1. The molecule has 0 heterocycles. The molecule has 0 spiro atoms. The van der Waals surface area contributed by atoms with Crippen molar-refractivity contribution in [2.45, 2.75) is 13.8 Å². The first-order valence-corrected chi connectivity index (χ1v) is 3.71. The molecule has 2 heteroatoms. The molecule has 0 unspecified atom stereocenters. The molecular formula is C7H14ClN. The molecule has 0 aromatic carbocycles. The number of hydrogen-bond acceptors (Lipinski definition) is 1. The van der Waals surface area contributed by atoms with Crippen LogP contribution in [-0.2, 0) is 0 Å². The van der Waals surface area contributed by atoms with Gasteiger partial charge in [-0.15, -0.1) is 11.6 Å². The third-order valence-electron chi connectivity index (χ3n) is 0.926. The molecule has 9 heavy (non-hydrogen) atoms. The second kappa shape index (κ2) is 6.12. The molecule has 0 fully saturated rings. The van der Waals surface area contributed by atoms with Gasteiger partial charge in [0.1, 0.15) is 0 Å². The molecule has 0 aromatic rings. The lowest BCUT2D eigenvalue weighted by Gasteiger charge is -1.95. The van der Waals surface area contributed by atoms with E-state index < -0.39 is 0 Å². The van der Waals surface area contributed by atoms with E-state index in [4.69, 9.17) is 11.6 Å². The smallest absolute Gasteiger partial charge is 0.0348 e. The van der Waals surface area contributed by atoms with E-state index in [1.54, 1.807) is 0 Å². The largest absolute Gasteiger partial charge is 0.312 e. The summed E-state index contributed by atoms with van der Waals surface area (Å²) in [5, 5.41) is 3.16. The lowest BCUT2D eigenvalue weighted by atomic mass is 10.3. The van der Waals surface area contributed by atoms with E-state index >= 15 is 0 Å². The van der Waals surface area contributed by atoms with E-state index in [0.717, 1.165) is 13.1 Å². The lowest BCUT2D eigenvalue weighted by molar-refractivity contribution is 0.800. The second-order valence-corrected chi connectivity index (χ2v) is 2.55. The van der Waals surface area contributed by atoms with E-state index in [2.05, 4.69) is 25.2 Å². The first-order chi connectivity index (χ1) is 4.27. The van der Waals surface area contributed by atoms with Gasteiger partial charge in [0.05, 0.1) is 0 Å². The van der Waals surface area contributed by atoms with Gasteiger partial charge < -0.3 is 5.32 Å². The van der Waals surface area contributed by atoms with Crippen LogP contribution in [0.2, 0.25) is 0 Å². The normalized spacial score (nSPS) is 9.22. The number of allylic oxidation sites excluding steroid dienone is 1. The minimum Gasteiger partial charge on any atom is -0.312 e. The Kier molecular flexibility index (Phi) is 6.11. The lowest BCUT2D eigenvalue weighted by Crippen LogP contribution is -2.15. The van der Waals surface area contributed by atoms with Crippen molar-refractivity contribution in [2.75, 3.05) is 19.0 Å². The van der Waals surface area contributed by atoms with Crippen molar-refractivity contribution in [3.8, 4) is 0 Å². The Morgan fingerprint density at radius 3 is 2.67 bits per heavy atom. The summed E-state index contributed by atoms with van der Waals surface area (Å²) in [5.41, 5.74) is 1.34. The van der Waals surface area contributed by atoms with Gasteiger partial charge in [0.15, 0.2) is 0 Å². The highest BCUT2D eigenvalue weighted by Gasteiger charge is 1.79. The minimum atomic E-state index is 0.691. The van der Waals surface area contributed by atoms with Crippen LogP contribution in [0.1, 0.15) is 13.8 Å². The summed E-state index contributed by atoms with van der Waals surface area (Å²) < 4.78 is 0. The highest BCUT2D eigenvalue weighted by atomic mass is 35.5. The zero-order chi connectivity index (χ0) is 7.11. The second-order valence-electron chi connectivity index (χ2n) is 2.17. The molecule has 0 aromatic heterocycles. The Labute approximate surface area is 62.1 Å². The van der Waals surface area contributed by atoms with Crippen molar-refractivity contribution in [2.24, 2.45) is 0 Å².